The van der Waals surface area contributed by atoms with E-state index in [9.17, 15) is 0 Å². The molecule has 0 fully saturated rings. The van der Waals surface area contributed by atoms with Gasteiger partial charge in [-0.25, -0.2) is 4.98 Å². The van der Waals surface area contributed by atoms with E-state index in [2.05, 4.69) is 119 Å². The first-order valence-corrected chi connectivity index (χ1v) is 17.2. The highest BCUT2D eigenvalue weighted by Crippen LogP contribution is 2.62. The maximum absolute atomic E-state index is 5.23. The first-order valence-electron chi connectivity index (χ1n) is 16.4. The van der Waals surface area contributed by atoms with Gasteiger partial charge in [-0.2, -0.15) is 9.97 Å². The van der Waals surface area contributed by atoms with Crippen molar-refractivity contribution in [3.8, 4) is 28.7 Å². The number of thiophene rings is 1. The highest BCUT2D eigenvalue weighted by Gasteiger charge is 2.57. The Morgan fingerprint density at radius 2 is 1.02 bits per heavy atom. The Bertz CT molecular complexity index is 2480. The van der Waals surface area contributed by atoms with Gasteiger partial charge < -0.3 is 0 Å². The summed E-state index contributed by atoms with van der Waals surface area (Å²) in [6, 6.07) is 38.9. The molecule has 0 amide bonds. The van der Waals surface area contributed by atoms with Crippen molar-refractivity contribution in [3.05, 3.63) is 120 Å². The fourth-order valence-electron chi connectivity index (χ4n) is 7.88. The molecule has 0 N–H and O–H groups in total. The average molecular weight is 629 g/mol. The predicted molar refractivity (Wildman–Crippen MR) is 198 cm³/mol. The van der Waals surface area contributed by atoms with E-state index in [0.717, 1.165) is 22.2 Å². The molecule has 0 saturated heterocycles. The lowest BCUT2D eigenvalue weighted by molar-refractivity contribution is 0.125. The van der Waals surface area contributed by atoms with Crippen molar-refractivity contribution in [1.29, 1.82) is 0 Å². The minimum absolute atomic E-state index is 0.0122. The Balaban J connectivity index is 1.44. The molecule has 0 bridgehead atoms. The smallest absolute Gasteiger partial charge is 0.238 e. The monoisotopic (exact) mass is 628 g/mol. The molecule has 0 unspecified atom stereocenters. The fourth-order valence-corrected chi connectivity index (χ4v) is 9.00. The van der Waals surface area contributed by atoms with Gasteiger partial charge in [0.25, 0.3) is 0 Å². The number of nitrogens with zero attached hydrogens (tertiary/aromatic N) is 4. The summed E-state index contributed by atoms with van der Waals surface area (Å²) >= 11 is 1.85. The van der Waals surface area contributed by atoms with Crippen LogP contribution in [0.1, 0.15) is 52.7 Å². The van der Waals surface area contributed by atoms with Gasteiger partial charge in [0.15, 0.2) is 11.6 Å². The van der Waals surface area contributed by atoms with Gasteiger partial charge in [0.2, 0.25) is 5.95 Å². The molecule has 0 radical (unpaired) electrons. The zero-order chi connectivity index (χ0) is 32.3. The minimum atomic E-state index is -0.0403. The molecular formula is C42H36N4S. The summed E-state index contributed by atoms with van der Waals surface area (Å²) in [6.45, 7) is 14.5. The van der Waals surface area contributed by atoms with Crippen LogP contribution in [-0.4, -0.2) is 19.5 Å². The number of hydrogen-bond donors (Lipinski definition) is 0. The van der Waals surface area contributed by atoms with Crippen LogP contribution in [0.3, 0.4) is 0 Å². The van der Waals surface area contributed by atoms with E-state index in [1.165, 1.54) is 42.1 Å². The molecule has 5 aromatic carbocycles. The fraction of sp³-hybridized carbons (Fsp3) is 0.214. The Kier molecular flexibility index (Phi) is 5.78. The van der Waals surface area contributed by atoms with Crippen LogP contribution in [-0.2, 0) is 10.8 Å². The second-order valence-electron chi connectivity index (χ2n) is 14.6. The molecule has 47 heavy (non-hydrogen) atoms. The summed E-state index contributed by atoms with van der Waals surface area (Å²) in [6.07, 6.45) is 0. The largest absolute Gasteiger partial charge is 0.278 e. The zero-order valence-electron chi connectivity index (χ0n) is 27.6. The molecule has 1 aliphatic carbocycles. The molecule has 4 nitrogen and oxygen atoms in total. The number of rotatable bonds is 3. The van der Waals surface area contributed by atoms with E-state index in [1.807, 2.05) is 47.7 Å². The van der Waals surface area contributed by atoms with Gasteiger partial charge in [-0.1, -0.05) is 120 Å². The lowest BCUT2D eigenvalue weighted by Crippen LogP contribution is -2.42. The topological polar surface area (TPSA) is 43.6 Å². The van der Waals surface area contributed by atoms with Crippen molar-refractivity contribution in [2.45, 2.75) is 52.4 Å². The molecule has 0 spiro atoms. The molecule has 3 aromatic heterocycles. The first kappa shape index (κ1) is 28.4. The number of hydrogen-bond acceptors (Lipinski definition) is 4. The van der Waals surface area contributed by atoms with E-state index >= 15 is 0 Å². The third-order valence-corrected chi connectivity index (χ3v) is 12.9. The van der Waals surface area contributed by atoms with Gasteiger partial charge in [-0.05, 0) is 57.7 Å². The molecule has 9 rings (SSSR count). The predicted octanol–water partition coefficient (Wildman–Crippen LogP) is 11.3. The van der Waals surface area contributed by atoms with Crippen LogP contribution >= 0.6 is 11.3 Å². The summed E-state index contributed by atoms with van der Waals surface area (Å²) in [7, 11) is 0. The van der Waals surface area contributed by atoms with E-state index in [1.54, 1.807) is 0 Å². The molecule has 8 aromatic rings. The van der Waals surface area contributed by atoms with Gasteiger partial charge >= 0.3 is 0 Å². The van der Waals surface area contributed by atoms with Crippen LogP contribution in [0.4, 0.5) is 0 Å². The number of fused-ring (bicyclic) bond motifs is 7. The third kappa shape index (κ3) is 3.84. The molecule has 230 valence electrons. The van der Waals surface area contributed by atoms with Crippen LogP contribution in [0.25, 0.3) is 70.7 Å². The molecule has 0 saturated carbocycles. The summed E-state index contributed by atoms with van der Waals surface area (Å²) in [5.74, 6) is 1.96. The second-order valence-corrected chi connectivity index (χ2v) is 15.7. The molecular weight excluding hydrogens is 593 g/mol. The normalized spacial score (nSPS) is 16.4. The Morgan fingerprint density at radius 1 is 0.489 bits per heavy atom. The molecule has 3 heterocycles. The highest BCUT2D eigenvalue weighted by molar-refractivity contribution is 7.25. The average Bonchev–Trinajstić information content (AvgIpc) is 3.64. The standard InChI is InChI=1S/C42H36N4S/c1-40(2)31-22-29-28-21-30-27-19-13-14-20-35(27)47-36(30)24-34(28)46(33(29)23-32(31)41(3,4)42(40,5)6)39-44-37(25-15-9-7-10-16-25)43-38(45-39)26-17-11-8-12-18-26/h7-24H,1-6H3. The van der Waals surface area contributed by atoms with Gasteiger partial charge in [-0.15, -0.1) is 11.3 Å². The van der Waals surface area contributed by atoms with Gasteiger partial charge in [-0.3, -0.25) is 4.57 Å². The lowest BCUT2D eigenvalue weighted by Gasteiger charge is -2.44. The maximum atomic E-state index is 5.23. The van der Waals surface area contributed by atoms with Crippen molar-refractivity contribution in [3.63, 3.8) is 0 Å². The van der Waals surface area contributed by atoms with E-state index < -0.39 is 0 Å². The Hall–Kier alpha value is -4.87. The SMILES string of the molecule is CC1(C)c2cc3c4cc5c(cc4n(-c4nc(-c6ccccc6)nc(-c6ccccc6)n4)c3cc2C(C)(C)C1(C)C)sc1ccccc15. The van der Waals surface area contributed by atoms with Crippen molar-refractivity contribution >= 4 is 53.3 Å². The first-order chi connectivity index (χ1) is 22.6. The molecule has 0 atom stereocenters. The summed E-state index contributed by atoms with van der Waals surface area (Å²) in [5.41, 5.74) is 7.00. The highest BCUT2D eigenvalue weighted by atomic mass is 32.1. The van der Waals surface area contributed by atoms with Gasteiger partial charge in [0.05, 0.1) is 11.0 Å². The van der Waals surface area contributed by atoms with E-state index in [-0.39, 0.29) is 16.2 Å². The molecule has 1 aliphatic rings. The number of benzene rings is 5. The summed E-state index contributed by atoms with van der Waals surface area (Å²) < 4.78 is 4.86. The summed E-state index contributed by atoms with van der Waals surface area (Å²) in [5, 5.41) is 5.06. The van der Waals surface area contributed by atoms with Crippen LogP contribution in [0, 0.1) is 5.41 Å². The van der Waals surface area contributed by atoms with E-state index in [0.29, 0.717) is 17.6 Å². The van der Waals surface area contributed by atoms with Crippen molar-refractivity contribution in [2.75, 3.05) is 0 Å². The minimum Gasteiger partial charge on any atom is -0.278 e. The quantitative estimate of drug-likeness (QED) is 0.195. The van der Waals surface area contributed by atoms with Gasteiger partial charge in [0, 0.05) is 42.1 Å². The van der Waals surface area contributed by atoms with Gasteiger partial charge in [0.1, 0.15) is 0 Å². The van der Waals surface area contributed by atoms with Crippen LogP contribution in [0.2, 0.25) is 0 Å². The van der Waals surface area contributed by atoms with Crippen molar-refractivity contribution in [2.24, 2.45) is 5.41 Å². The van der Waals surface area contributed by atoms with Crippen LogP contribution < -0.4 is 0 Å². The molecule has 0 aliphatic heterocycles. The van der Waals surface area contributed by atoms with Crippen LogP contribution in [0.5, 0.6) is 0 Å². The Labute approximate surface area is 278 Å². The van der Waals surface area contributed by atoms with Crippen LogP contribution in [0.15, 0.2) is 109 Å². The zero-order valence-corrected chi connectivity index (χ0v) is 28.4. The molecule has 5 heteroatoms. The van der Waals surface area contributed by atoms with Crippen molar-refractivity contribution < 1.29 is 0 Å². The number of aromatic nitrogens is 4. The lowest BCUT2D eigenvalue weighted by atomic mass is 9.59. The maximum Gasteiger partial charge on any atom is 0.238 e. The van der Waals surface area contributed by atoms with Crippen molar-refractivity contribution in [1.82, 2.24) is 19.5 Å². The third-order valence-electron chi connectivity index (χ3n) is 11.8. The second kappa shape index (κ2) is 9.58. The Morgan fingerprint density at radius 3 is 1.66 bits per heavy atom. The summed E-state index contributed by atoms with van der Waals surface area (Å²) in [4.78, 5) is 15.5. The van der Waals surface area contributed by atoms with E-state index in [4.69, 9.17) is 15.0 Å².